The van der Waals surface area contributed by atoms with Gasteiger partial charge in [0, 0.05) is 36.4 Å². The first-order valence-electron chi connectivity index (χ1n) is 7.32. The van der Waals surface area contributed by atoms with Crippen molar-refractivity contribution in [2.45, 2.75) is 12.5 Å². The standard InChI is InChI=1S/C17H17ClN2O4/c1-19(16(7-8-21)12-5-3-2-4-6-12)17(22)13-9-14(18)11-15(10-13)20(23)24/h2-6,9-11,16,21H,7-8H2,1H3. The van der Waals surface area contributed by atoms with E-state index in [0.29, 0.717) is 6.42 Å². The second-order valence-corrected chi connectivity index (χ2v) is 5.75. The van der Waals surface area contributed by atoms with Gasteiger partial charge in [-0.15, -0.1) is 0 Å². The van der Waals surface area contributed by atoms with Gasteiger partial charge in [0.15, 0.2) is 0 Å². The van der Waals surface area contributed by atoms with E-state index >= 15 is 0 Å². The van der Waals surface area contributed by atoms with E-state index in [1.807, 2.05) is 30.3 Å². The highest BCUT2D eigenvalue weighted by Gasteiger charge is 2.24. The Balaban J connectivity index is 2.35. The molecule has 0 aromatic heterocycles. The van der Waals surface area contributed by atoms with Crippen LogP contribution in [0.3, 0.4) is 0 Å². The molecule has 0 bridgehead atoms. The summed E-state index contributed by atoms with van der Waals surface area (Å²) in [4.78, 5) is 24.5. The Bertz CT molecular complexity index is 737. The fourth-order valence-corrected chi connectivity index (χ4v) is 2.76. The van der Waals surface area contributed by atoms with Crippen molar-refractivity contribution < 1.29 is 14.8 Å². The van der Waals surface area contributed by atoms with Crippen molar-refractivity contribution in [3.63, 3.8) is 0 Å². The number of hydrogen-bond donors (Lipinski definition) is 1. The molecule has 2 aromatic rings. The molecule has 0 aliphatic carbocycles. The zero-order chi connectivity index (χ0) is 17.7. The number of benzene rings is 2. The van der Waals surface area contributed by atoms with Gasteiger partial charge in [0.05, 0.1) is 11.0 Å². The molecule has 0 aliphatic heterocycles. The highest BCUT2D eigenvalue weighted by molar-refractivity contribution is 6.31. The molecule has 0 aliphatic rings. The SMILES string of the molecule is CN(C(=O)c1cc(Cl)cc([N+](=O)[O-])c1)C(CCO)c1ccccc1. The number of carbonyl (C=O) groups excluding carboxylic acids is 1. The van der Waals surface area contributed by atoms with Crippen molar-refractivity contribution in [3.05, 3.63) is 74.8 Å². The Morgan fingerprint density at radius 1 is 1.29 bits per heavy atom. The summed E-state index contributed by atoms with van der Waals surface area (Å²) in [7, 11) is 1.60. The summed E-state index contributed by atoms with van der Waals surface area (Å²) in [6.07, 6.45) is 0.356. The number of aliphatic hydroxyl groups excluding tert-OH is 1. The number of nitrogens with zero attached hydrogens (tertiary/aromatic N) is 2. The zero-order valence-corrected chi connectivity index (χ0v) is 13.8. The third kappa shape index (κ3) is 4.10. The highest BCUT2D eigenvalue weighted by atomic mass is 35.5. The number of nitro benzene ring substituents is 1. The van der Waals surface area contributed by atoms with Gasteiger partial charge in [-0.2, -0.15) is 0 Å². The van der Waals surface area contributed by atoms with Gasteiger partial charge in [0.2, 0.25) is 0 Å². The van der Waals surface area contributed by atoms with Crippen LogP contribution < -0.4 is 0 Å². The number of halogens is 1. The molecule has 0 spiro atoms. The van der Waals surface area contributed by atoms with Gasteiger partial charge in [-0.3, -0.25) is 14.9 Å². The molecule has 0 saturated heterocycles. The van der Waals surface area contributed by atoms with E-state index in [-0.39, 0.29) is 28.9 Å². The monoisotopic (exact) mass is 348 g/mol. The summed E-state index contributed by atoms with van der Waals surface area (Å²) in [6.45, 7) is -0.0904. The minimum atomic E-state index is -0.592. The minimum Gasteiger partial charge on any atom is -0.396 e. The molecule has 6 nitrogen and oxygen atoms in total. The Kier molecular flexibility index (Phi) is 5.89. The van der Waals surface area contributed by atoms with E-state index in [1.165, 1.54) is 23.1 Å². The van der Waals surface area contributed by atoms with Crippen LogP contribution in [-0.2, 0) is 0 Å². The summed E-state index contributed by atoms with van der Waals surface area (Å²) < 4.78 is 0. The maximum Gasteiger partial charge on any atom is 0.271 e. The average molecular weight is 349 g/mol. The molecule has 7 heteroatoms. The van der Waals surface area contributed by atoms with E-state index in [1.54, 1.807) is 7.05 Å². The predicted octanol–water partition coefficient (Wildman–Crippen LogP) is 3.44. The molecule has 24 heavy (non-hydrogen) atoms. The van der Waals surface area contributed by atoms with Crippen molar-refractivity contribution in [3.8, 4) is 0 Å². The number of rotatable bonds is 6. The molecule has 126 valence electrons. The molecule has 0 fully saturated rings. The lowest BCUT2D eigenvalue weighted by Crippen LogP contribution is -2.32. The van der Waals surface area contributed by atoms with Crippen LogP contribution in [0.2, 0.25) is 5.02 Å². The van der Waals surface area contributed by atoms with Gasteiger partial charge in [-0.1, -0.05) is 41.9 Å². The summed E-state index contributed by atoms with van der Waals surface area (Å²) in [5, 5.41) is 20.4. The van der Waals surface area contributed by atoms with Crippen LogP contribution in [-0.4, -0.2) is 34.5 Å². The number of non-ortho nitro benzene ring substituents is 1. The topological polar surface area (TPSA) is 83.7 Å². The van der Waals surface area contributed by atoms with Gasteiger partial charge in [0.25, 0.3) is 11.6 Å². The molecule has 2 aromatic carbocycles. The van der Waals surface area contributed by atoms with Crippen LogP contribution in [0.5, 0.6) is 0 Å². The molecule has 1 atom stereocenters. The zero-order valence-electron chi connectivity index (χ0n) is 13.1. The summed E-state index contributed by atoms with van der Waals surface area (Å²) in [5.74, 6) is -0.400. The molecule has 0 heterocycles. The molecule has 0 saturated carbocycles. The van der Waals surface area contributed by atoms with Crippen molar-refractivity contribution >= 4 is 23.2 Å². The fraction of sp³-hybridized carbons (Fsp3) is 0.235. The predicted molar refractivity (Wildman–Crippen MR) is 91.1 cm³/mol. The minimum absolute atomic E-state index is 0.0904. The van der Waals surface area contributed by atoms with Crippen molar-refractivity contribution in [2.24, 2.45) is 0 Å². The molecule has 2 rings (SSSR count). The first-order valence-corrected chi connectivity index (χ1v) is 7.69. The first-order chi connectivity index (χ1) is 11.4. The van der Waals surface area contributed by atoms with E-state index in [4.69, 9.17) is 11.6 Å². The van der Waals surface area contributed by atoms with Crippen molar-refractivity contribution in [1.29, 1.82) is 0 Å². The maximum absolute atomic E-state index is 12.7. The van der Waals surface area contributed by atoms with Crippen LogP contribution >= 0.6 is 11.6 Å². The molecular weight excluding hydrogens is 332 g/mol. The Labute approximate surface area is 144 Å². The number of nitro groups is 1. The Morgan fingerprint density at radius 3 is 2.54 bits per heavy atom. The number of amides is 1. The lowest BCUT2D eigenvalue weighted by atomic mass is 10.0. The second kappa shape index (κ2) is 7.90. The van der Waals surface area contributed by atoms with E-state index in [0.717, 1.165) is 5.56 Å². The third-order valence-corrected chi connectivity index (χ3v) is 3.93. The van der Waals surface area contributed by atoms with Crippen LogP contribution in [0.15, 0.2) is 48.5 Å². The average Bonchev–Trinajstić information content (AvgIpc) is 2.58. The third-order valence-electron chi connectivity index (χ3n) is 3.72. The molecular formula is C17H17ClN2O4. The van der Waals surface area contributed by atoms with Crippen molar-refractivity contribution in [1.82, 2.24) is 4.90 Å². The van der Waals surface area contributed by atoms with Gasteiger partial charge in [-0.25, -0.2) is 0 Å². The van der Waals surface area contributed by atoms with E-state index in [2.05, 4.69) is 0 Å². The normalized spacial score (nSPS) is 11.8. The Hall–Kier alpha value is -2.44. The summed E-state index contributed by atoms with van der Waals surface area (Å²) in [6, 6.07) is 12.7. The van der Waals surface area contributed by atoms with E-state index < -0.39 is 10.8 Å². The van der Waals surface area contributed by atoms with Gasteiger partial charge in [0.1, 0.15) is 0 Å². The fourth-order valence-electron chi connectivity index (χ4n) is 2.53. The lowest BCUT2D eigenvalue weighted by Gasteiger charge is -2.28. The second-order valence-electron chi connectivity index (χ2n) is 5.31. The van der Waals surface area contributed by atoms with Gasteiger partial charge < -0.3 is 10.0 Å². The van der Waals surface area contributed by atoms with Gasteiger partial charge in [-0.05, 0) is 18.1 Å². The molecule has 1 unspecified atom stereocenters. The summed E-state index contributed by atoms with van der Waals surface area (Å²) in [5.41, 5.74) is 0.771. The van der Waals surface area contributed by atoms with Crippen LogP contribution in [0.25, 0.3) is 0 Å². The Morgan fingerprint density at radius 2 is 1.96 bits per heavy atom. The molecule has 1 N–H and O–H groups in total. The smallest absolute Gasteiger partial charge is 0.271 e. The molecule has 1 amide bonds. The van der Waals surface area contributed by atoms with E-state index in [9.17, 15) is 20.0 Å². The van der Waals surface area contributed by atoms with Crippen LogP contribution in [0.4, 0.5) is 5.69 Å². The largest absolute Gasteiger partial charge is 0.396 e. The van der Waals surface area contributed by atoms with Crippen LogP contribution in [0, 0.1) is 10.1 Å². The lowest BCUT2D eigenvalue weighted by molar-refractivity contribution is -0.384. The first kappa shape index (κ1) is 17.9. The van der Waals surface area contributed by atoms with Crippen molar-refractivity contribution in [2.75, 3.05) is 13.7 Å². The number of hydrogen-bond acceptors (Lipinski definition) is 4. The molecule has 0 radical (unpaired) electrons. The van der Waals surface area contributed by atoms with Crippen LogP contribution in [0.1, 0.15) is 28.4 Å². The summed E-state index contributed by atoms with van der Waals surface area (Å²) >= 11 is 5.89. The maximum atomic E-state index is 12.7. The quantitative estimate of drug-likeness (QED) is 0.640. The highest BCUT2D eigenvalue weighted by Crippen LogP contribution is 2.27. The van der Waals surface area contributed by atoms with Gasteiger partial charge >= 0.3 is 0 Å². The number of aliphatic hydroxyl groups is 1. The number of carbonyl (C=O) groups is 1.